The van der Waals surface area contributed by atoms with Gasteiger partial charge in [0.05, 0.1) is 28.4 Å². The van der Waals surface area contributed by atoms with E-state index in [1.54, 1.807) is 0 Å². The highest BCUT2D eigenvalue weighted by molar-refractivity contribution is 6.00. The number of para-hydroxylation sites is 3. The lowest BCUT2D eigenvalue weighted by Gasteiger charge is -2.46. The number of ether oxygens (including phenoxy) is 1. The van der Waals surface area contributed by atoms with Gasteiger partial charge in [0.25, 0.3) is 0 Å². The van der Waals surface area contributed by atoms with Crippen LogP contribution in [-0.2, 0) is 10.8 Å². The zero-order chi connectivity index (χ0) is 35.4. The Morgan fingerprint density at radius 3 is 2.00 bits per heavy atom. The highest BCUT2D eigenvalue weighted by atomic mass is 16.5. The smallest absolute Gasteiger partial charge is 0.175 e. The SMILES string of the molecule is Cc1cccc2c1N1c3ccccc3C(C)(C)c3ccc(N(c4ccc5c(c4)C(C)(C)c4ccccc4-5)c4ccccc4-c4ccccc4)c(c31)O2. The lowest BCUT2D eigenvalue weighted by Crippen LogP contribution is -2.33. The van der Waals surface area contributed by atoms with E-state index in [4.69, 9.17) is 4.74 Å². The van der Waals surface area contributed by atoms with Gasteiger partial charge in [-0.15, -0.1) is 0 Å². The lowest BCUT2D eigenvalue weighted by molar-refractivity contribution is 0.472. The first-order valence-electron chi connectivity index (χ1n) is 18.3. The molecule has 0 amide bonds. The maximum atomic E-state index is 7.22. The molecule has 0 saturated carbocycles. The number of anilines is 6. The summed E-state index contributed by atoms with van der Waals surface area (Å²) in [6, 6.07) is 55.3. The van der Waals surface area contributed by atoms with E-state index in [2.05, 4.69) is 196 Å². The van der Waals surface area contributed by atoms with Gasteiger partial charge in [0.1, 0.15) is 0 Å². The summed E-state index contributed by atoms with van der Waals surface area (Å²) in [5, 5.41) is 0. The van der Waals surface area contributed by atoms with Gasteiger partial charge in [-0.1, -0.05) is 143 Å². The van der Waals surface area contributed by atoms with Crippen molar-refractivity contribution in [3.8, 4) is 33.8 Å². The minimum Gasteiger partial charge on any atom is -0.451 e. The number of benzene rings is 7. The van der Waals surface area contributed by atoms with Crippen LogP contribution >= 0.6 is 0 Å². The number of aryl methyl sites for hydroxylation is 1. The highest BCUT2D eigenvalue weighted by Crippen LogP contribution is 2.64. The Hall–Kier alpha value is -6.06. The summed E-state index contributed by atoms with van der Waals surface area (Å²) in [7, 11) is 0. The molecule has 2 aliphatic heterocycles. The van der Waals surface area contributed by atoms with Crippen LogP contribution in [-0.4, -0.2) is 0 Å². The number of hydrogen-bond donors (Lipinski definition) is 0. The molecule has 0 radical (unpaired) electrons. The van der Waals surface area contributed by atoms with Crippen LogP contribution in [0.15, 0.2) is 152 Å². The summed E-state index contributed by atoms with van der Waals surface area (Å²) in [6.45, 7) is 11.6. The van der Waals surface area contributed by atoms with Crippen LogP contribution in [0.3, 0.4) is 0 Å². The van der Waals surface area contributed by atoms with Gasteiger partial charge >= 0.3 is 0 Å². The molecule has 0 bridgehead atoms. The van der Waals surface area contributed by atoms with Crippen molar-refractivity contribution in [2.24, 2.45) is 0 Å². The molecule has 3 aliphatic rings. The molecular formula is C49H40N2O. The Kier molecular flexibility index (Phi) is 6.48. The molecular weight excluding hydrogens is 633 g/mol. The molecule has 0 N–H and O–H groups in total. The molecule has 0 saturated heterocycles. The molecule has 52 heavy (non-hydrogen) atoms. The van der Waals surface area contributed by atoms with Crippen LogP contribution < -0.4 is 14.5 Å². The molecule has 0 unspecified atom stereocenters. The summed E-state index contributed by atoms with van der Waals surface area (Å²) in [6.07, 6.45) is 0. The van der Waals surface area contributed by atoms with Gasteiger partial charge in [0.2, 0.25) is 0 Å². The molecule has 1 aliphatic carbocycles. The molecule has 0 spiro atoms. The van der Waals surface area contributed by atoms with E-state index < -0.39 is 0 Å². The van der Waals surface area contributed by atoms with Crippen molar-refractivity contribution in [2.45, 2.75) is 45.4 Å². The minimum atomic E-state index is -0.241. The van der Waals surface area contributed by atoms with Gasteiger partial charge < -0.3 is 14.5 Å². The second-order valence-corrected chi connectivity index (χ2v) is 15.4. The molecule has 0 aromatic heterocycles. The van der Waals surface area contributed by atoms with E-state index >= 15 is 0 Å². The summed E-state index contributed by atoms with van der Waals surface area (Å²) in [5.74, 6) is 1.73. The molecule has 7 aromatic rings. The third kappa shape index (κ3) is 4.20. The molecule has 252 valence electrons. The Bertz CT molecular complexity index is 2580. The highest BCUT2D eigenvalue weighted by Gasteiger charge is 2.44. The lowest BCUT2D eigenvalue weighted by atomic mass is 9.73. The molecule has 3 heteroatoms. The van der Waals surface area contributed by atoms with Crippen LogP contribution in [0.25, 0.3) is 22.3 Å². The largest absolute Gasteiger partial charge is 0.451 e. The third-order valence-corrected chi connectivity index (χ3v) is 11.8. The molecule has 2 heterocycles. The molecule has 7 aromatic carbocycles. The summed E-state index contributed by atoms with van der Waals surface area (Å²) in [4.78, 5) is 4.90. The molecule has 10 rings (SSSR count). The number of rotatable bonds is 4. The summed E-state index contributed by atoms with van der Waals surface area (Å²) >= 11 is 0. The van der Waals surface area contributed by atoms with Gasteiger partial charge in [-0.05, 0) is 87.8 Å². The van der Waals surface area contributed by atoms with Crippen molar-refractivity contribution in [1.82, 2.24) is 0 Å². The van der Waals surface area contributed by atoms with Crippen molar-refractivity contribution >= 4 is 34.1 Å². The van der Waals surface area contributed by atoms with Crippen molar-refractivity contribution in [3.63, 3.8) is 0 Å². The topological polar surface area (TPSA) is 15.7 Å². The summed E-state index contributed by atoms with van der Waals surface area (Å²) < 4.78 is 7.22. The van der Waals surface area contributed by atoms with Crippen molar-refractivity contribution in [3.05, 3.63) is 179 Å². The maximum absolute atomic E-state index is 7.22. The monoisotopic (exact) mass is 672 g/mol. The van der Waals surface area contributed by atoms with Crippen molar-refractivity contribution in [2.75, 3.05) is 9.80 Å². The van der Waals surface area contributed by atoms with Crippen molar-refractivity contribution in [1.29, 1.82) is 0 Å². The number of fused-ring (bicyclic) bond motifs is 7. The van der Waals surface area contributed by atoms with Crippen LogP contribution in [0.1, 0.15) is 55.5 Å². The second-order valence-electron chi connectivity index (χ2n) is 15.4. The molecule has 3 nitrogen and oxygen atoms in total. The van der Waals surface area contributed by atoms with Crippen LogP contribution in [0.2, 0.25) is 0 Å². The minimum absolute atomic E-state index is 0.145. The predicted octanol–water partition coefficient (Wildman–Crippen LogP) is 13.7. The van der Waals surface area contributed by atoms with Crippen LogP contribution in [0.4, 0.5) is 34.1 Å². The van der Waals surface area contributed by atoms with Crippen LogP contribution in [0.5, 0.6) is 11.5 Å². The fourth-order valence-corrected chi connectivity index (χ4v) is 9.14. The quantitative estimate of drug-likeness (QED) is 0.185. The van der Waals surface area contributed by atoms with E-state index in [-0.39, 0.29) is 10.8 Å². The van der Waals surface area contributed by atoms with Crippen molar-refractivity contribution < 1.29 is 4.74 Å². The van der Waals surface area contributed by atoms with Crippen LogP contribution in [0, 0.1) is 6.92 Å². The van der Waals surface area contributed by atoms with Gasteiger partial charge in [-0.25, -0.2) is 0 Å². The first kappa shape index (κ1) is 30.7. The number of hydrogen-bond acceptors (Lipinski definition) is 3. The van der Waals surface area contributed by atoms with E-state index in [1.807, 2.05) is 0 Å². The zero-order valence-electron chi connectivity index (χ0n) is 30.2. The van der Waals surface area contributed by atoms with E-state index in [9.17, 15) is 0 Å². The van der Waals surface area contributed by atoms with E-state index in [1.165, 1.54) is 50.2 Å². The first-order chi connectivity index (χ1) is 25.2. The normalized spacial score (nSPS) is 15.1. The second kappa shape index (κ2) is 11.0. The Morgan fingerprint density at radius 2 is 1.17 bits per heavy atom. The molecule has 0 atom stereocenters. The van der Waals surface area contributed by atoms with Gasteiger partial charge in [-0.3, -0.25) is 0 Å². The first-order valence-corrected chi connectivity index (χ1v) is 18.3. The zero-order valence-corrected chi connectivity index (χ0v) is 30.2. The van der Waals surface area contributed by atoms with Gasteiger partial charge in [0, 0.05) is 22.1 Å². The fourth-order valence-electron chi connectivity index (χ4n) is 9.14. The average Bonchev–Trinajstić information content (AvgIpc) is 3.40. The standard InChI is InChI=1S/C49H40N2O/c1-31-16-15-25-44-45(31)51-42-24-14-12-22-38(42)49(4,5)39-28-29-43(47(52-44)46(39)51)50(41-23-13-10-19-34(41)32-17-7-6-8-18-32)33-26-27-36-35-20-9-11-21-37(35)48(2,3)40(36)30-33/h6-30H,1-5H3. The molecule has 0 fully saturated rings. The number of nitrogens with zero attached hydrogens (tertiary/aromatic N) is 2. The Labute approximate surface area is 306 Å². The fraction of sp³-hybridized carbons (Fsp3) is 0.143. The van der Waals surface area contributed by atoms with Gasteiger partial charge in [0.15, 0.2) is 11.5 Å². The summed E-state index contributed by atoms with van der Waals surface area (Å²) in [5.41, 5.74) is 17.6. The Balaban J connectivity index is 1.28. The average molecular weight is 673 g/mol. The predicted molar refractivity (Wildman–Crippen MR) is 216 cm³/mol. The Morgan fingerprint density at radius 1 is 0.500 bits per heavy atom. The van der Waals surface area contributed by atoms with Gasteiger partial charge in [-0.2, -0.15) is 0 Å². The van der Waals surface area contributed by atoms with E-state index in [0.29, 0.717) is 0 Å². The maximum Gasteiger partial charge on any atom is 0.175 e. The third-order valence-electron chi connectivity index (χ3n) is 11.8. The van der Waals surface area contributed by atoms with E-state index in [0.717, 1.165) is 45.5 Å².